The number of aryl methyl sites for hydroxylation is 2. The number of likely N-dealkylation sites (tertiary alicyclic amines) is 1. The van der Waals surface area contributed by atoms with Crippen LogP contribution < -0.4 is 16.4 Å². The molecule has 1 saturated heterocycles. The number of nitrogens with zero attached hydrogens (tertiary/aromatic N) is 4. The van der Waals surface area contributed by atoms with Crippen molar-refractivity contribution in [1.29, 1.82) is 0 Å². The number of thiocarbonyl (C=S) groups is 1. The molecule has 0 radical (unpaired) electrons. The molecule has 11 heteroatoms. The Morgan fingerprint density at radius 1 is 1.16 bits per heavy atom. The smallest absolute Gasteiger partial charge is 0.229 e. The van der Waals surface area contributed by atoms with E-state index in [1.807, 2.05) is 24.8 Å². The number of carbonyl (C=O) groups excluding carboxylic acids is 1. The lowest BCUT2D eigenvalue weighted by Crippen LogP contribution is -2.45. The summed E-state index contributed by atoms with van der Waals surface area (Å²) in [6.07, 6.45) is 1.26. The molecule has 0 aliphatic carbocycles. The third-order valence-corrected chi connectivity index (χ3v) is 5.52. The molecular weight excluding hydrogens is 457 g/mol. The first-order valence-corrected chi connectivity index (χ1v) is 10.9. The van der Waals surface area contributed by atoms with E-state index in [1.165, 1.54) is 0 Å². The van der Waals surface area contributed by atoms with Crippen molar-refractivity contribution in [2.24, 2.45) is 16.6 Å². The molecule has 4 N–H and O–H groups in total. The van der Waals surface area contributed by atoms with Gasteiger partial charge in [0.25, 0.3) is 0 Å². The number of rotatable bonds is 3. The fourth-order valence-corrected chi connectivity index (χ4v) is 3.92. The van der Waals surface area contributed by atoms with Crippen molar-refractivity contribution in [1.82, 2.24) is 14.9 Å². The van der Waals surface area contributed by atoms with E-state index in [2.05, 4.69) is 25.6 Å². The van der Waals surface area contributed by atoms with Crippen LogP contribution in [0.3, 0.4) is 0 Å². The van der Waals surface area contributed by atoms with Gasteiger partial charge in [-0.3, -0.25) is 10.1 Å². The highest BCUT2D eigenvalue weighted by molar-refractivity contribution is 7.80. The van der Waals surface area contributed by atoms with E-state index in [0.717, 1.165) is 11.4 Å². The number of hydrogen-bond donors (Lipinski definition) is 3. The molecule has 0 unspecified atom stereocenters. The SMILES string of the molecule is Cc1cc(C)nc(N/C(=N/C(=S)Nc2ccc(Cl)cc2Cl)N2CCC(C(N)=O)CC2)n1. The summed E-state index contributed by atoms with van der Waals surface area (Å²) in [6.45, 7) is 4.97. The zero-order chi connectivity index (χ0) is 22.5. The molecular formula is C20H23Cl2N7OS. The average molecular weight is 480 g/mol. The van der Waals surface area contributed by atoms with E-state index in [4.69, 9.17) is 41.2 Å². The van der Waals surface area contributed by atoms with Crippen LogP contribution in [-0.2, 0) is 4.79 Å². The molecule has 3 rings (SSSR count). The van der Waals surface area contributed by atoms with Gasteiger partial charge < -0.3 is 16.0 Å². The number of anilines is 2. The van der Waals surface area contributed by atoms with Crippen molar-refractivity contribution in [2.45, 2.75) is 26.7 Å². The summed E-state index contributed by atoms with van der Waals surface area (Å²) in [4.78, 5) is 26.9. The largest absolute Gasteiger partial charge is 0.369 e. The number of amides is 1. The molecule has 1 aliphatic rings. The Hall–Kier alpha value is -2.49. The van der Waals surface area contributed by atoms with Gasteiger partial charge in [0.2, 0.25) is 22.9 Å². The second-order valence-corrected chi connectivity index (χ2v) is 8.48. The minimum Gasteiger partial charge on any atom is -0.369 e. The lowest BCUT2D eigenvalue weighted by Gasteiger charge is -2.32. The first kappa shape index (κ1) is 23.2. The molecule has 1 aromatic carbocycles. The average Bonchev–Trinajstić information content (AvgIpc) is 2.69. The van der Waals surface area contributed by atoms with Gasteiger partial charge in [-0.1, -0.05) is 23.2 Å². The number of aliphatic imine (C=N–C) groups is 1. The van der Waals surface area contributed by atoms with E-state index in [-0.39, 0.29) is 16.9 Å². The number of benzene rings is 1. The van der Waals surface area contributed by atoms with Gasteiger partial charge in [0.1, 0.15) is 0 Å². The highest BCUT2D eigenvalue weighted by Crippen LogP contribution is 2.25. The number of nitrogens with one attached hydrogen (secondary N) is 2. The van der Waals surface area contributed by atoms with Crippen LogP contribution >= 0.6 is 35.4 Å². The number of piperidine rings is 1. The molecule has 8 nitrogen and oxygen atoms in total. The van der Waals surface area contributed by atoms with Crippen LogP contribution in [0.4, 0.5) is 11.6 Å². The zero-order valence-corrected chi connectivity index (χ0v) is 19.5. The minimum atomic E-state index is -0.279. The fraction of sp³-hybridized carbons (Fsp3) is 0.350. The van der Waals surface area contributed by atoms with Crippen LogP contribution in [0.2, 0.25) is 10.0 Å². The summed E-state index contributed by atoms with van der Waals surface area (Å²) in [5, 5.41) is 7.34. The van der Waals surface area contributed by atoms with E-state index in [9.17, 15) is 4.79 Å². The number of primary amides is 1. The van der Waals surface area contributed by atoms with Gasteiger partial charge in [-0.2, -0.15) is 4.99 Å². The van der Waals surface area contributed by atoms with E-state index in [0.29, 0.717) is 53.6 Å². The lowest BCUT2D eigenvalue weighted by atomic mass is 9.96. The number of carbonyl (C=O) groups is 1. The van der Waals surface area contributed by atoms with Crippen molar-refractivity contribution >= 4 is 64.0 Å². The summed E-state index contributed by atoms with van der Waals surface area (Å²) in [7, 11) is 0. The number of guanidine groups is 1. The second kappa shape index (κ2) is 10.2. The highest BCUT2D eigenvalue weighted by Gasteiger charge is 2.26. The Balaban J connectivity index is 1.83. The van der Waals surface area contributed by atoms with E-state index >= 15 is 0 Å². The Morgan fingerprint density at radius 2 is 1.81 bits per heavy atom. The molecule has 1 amide bonds. The summed E-state index contributed by atoms with van der Waals surface area (Å²) >= 11 is 17.6. The third-order valence-electron chi connectivity index (χ3n) is 4.78. The topological polar surface area (TPSA) is 109 Å². The first-order valence-electron chi connectivity index (χ1n) is 9.69. The maximum atomic E-state index is 11.5. The van der Waals surface area contributed by atoms with Crippen molar-refractivity contribution < 1.29 is 4.79 Å². The summed E-state index contributed by atoms with van der Waals surface area (Å²) < 4.78 is 0. The fourth-order valence-electron chi connectivity index (χ4n) is 3.27. The lowest BCUT2D eigenvalue weighted by molar-refractivity contribution is -0.122. The zero-order valence-electron chi connectivity index (χ0n) is 17.2. The van der Waals surface area contributed by atoms with Crippen LogP contribution in [0.5, 0.6) is 0 Å². The standard InChI is InChI=1S/C20H23Cl2N7OS/c1-11-9-12(2)25-18(24-11)27-19(29-7-5-13(6-8-29)17(23)30)28-20(31)26-16-4-3-14(21)10-15(16)22/h3-4,9-10,13H,5-8H2,1-2H3,(H2,23,30)(H2,24,25,26,27,28,31). The number of nitrogens with two attached hydrogens (primary N) is 1. The monoisotopic (exact) mass is 479 g/mol. The van der Waals surface area contributed by atoms with Crippen LogP contribution in [0, 0.1) is 19.8 Å². The Labute approximate surface area is 196 Å². The summed E-state index contributed by atoms with van der Waals surface area (Å²) in [6, 6.07) is 6.94. The third kappa shape index (κ3) is 6.49. The summed E-state index contributed by atoms with van der Waals surface area (Å²) in [5.41, 5.74) is 7.71. The molecule has 0 atom stereocenters. The minimum absolute atomic E-state index is 0.145. The maximum absolute atomic E-state index is 11.5. The number of aromatic nitrogens is 2. The molecule has 31 heavy (non-hydrogen) atoms. The van der Waals surface area contributed by atoms with Gasteiger partial charge in [0.15, 0.2) is 0 Å². The van der Waals surface area contributed by atoms with E-state index < -0.39 is 0 Å². The summed E-state index contributed by atoms with van der Waals surface area (Å²) in [5.74, 6) is 0.474. The quantitative estimate of drug-likeness (QED) is 0.349. The number of halogens is 2. The van der Waals surface area contributed by atoms with Crippen molar-refractivity contribution in [3.05, 3.63) is 45.7 Å². The Bertz CT molecular complexity index is 1000. The van der Waals surface area contributed by atoms with Gasteiger partial charge in [-0.25, -0.2) is 9.97 Å². The molecule has 0 bridgehead atoms. The van der Waals surface area contributed by atoms with Crippen molar-refractivity contribution in [2.75, 3.05) is 23.7 Å². The Morgan fingerprint density at radius 3 is 2.39 bits per heavy atom. The van der Waals surface area contributed by atoms with Gasteiger partial charge in [-0.05, 0) is 63.2 Å². The molecule has 1 fully saturated rings. The van der Waals surface area contributed by atoms with Crippen molar-refractivity contribution in [3.63, 3.8) is 0 Å². The predicted octanol–water partition coefficient (Wildman–Crippen LogP) is 3.76. The van der Waals surface area contributed by atoms with Gasteiger partial charge >= 0.3 is 0 Å². The van der Waals surface area contributed by atoms with Crippen LogP contribution in [0.15, 0.2) is 29.3 Å². The molecule has 0 saturated carbocycles. The second-order valence-electron chi connectivity index (χ2n) is 7.25. The van der Waals surface area contributed by atoms with Crippen LogP contribution in [0.1, 0.15) is 24.2 Å². The molecule has 0 spiro atoms. The maximum Gasteiger partial charge on any atom is 0.229 e. The molecule has 164 valence electrons. The molecule has 1 aliphatic heterocycles. The predicted molar refractivity (Wildman–Crippen MR) is 129 cm³/mol. The van der Waals surface area contributed by atoms with Crippen LogP contribution in [-0.4, -0.2) is 44.9 Å². The number of hydrogen-bond acceptors (Lipinski definition) is 4. The van der Waals surface area contributed by atoms with Crippen LogP contribution in [0.25, 0.3) is 0 Å². The molecule has 2 aromatic rings. The molecule has 2 heterocycles. The van der Waals surface area contributed by atoms with E-state index in [1.54, 1.807) is 18.2 Å². The van der Waals surface area contributed by atoms with Gasteiger partial charge in [0, 0.05) is 35.4 Å². The van der Waals surface area contributed by atoms with Crippen molar-refractivity contribution in [3.8, 4) is 0 Å². The highest BCUT2D eigenvalue weighted by atomic mass is 35.5. The Kier molecular flexibility index (Phi) is 7.64. The molecule has 1 aromatic heterocycles. The van der Waals surface area contributed by atoms with Gasteiger partial charge in [0.05, 0.1) is 10.7 Å². The normalized spacial score (nSPS) is 15.0. The van der Waals surface area contributed by atoms with Gasteiger partial charge in [-0.15, -0.1) is 0 Å². The first-order chi connectivity index (χ1) is 14.7.